The minimum Gasteiger partial charge on any atom is -0.368 e. The van der Waals surface area contributed by atoms with Gasteiger partial charge in [-0.2, -0.15) is 0 Å². The number of anilines is 4. The smallest absolute Gasteiger partial charge is 0.211 e. The molecule has 0 bridgehead atoms. The van der Waals surface area contributed by atoms with Crippen molar-refractivity contribution >= 4 is 33.0 Å². The second-order valence-corrected chi connectivity index (χ2v) is 6.65. The van der Waals surface area contributed by atoms with E-state index in [1.54, 1.807) is 11.3 Å². The second-order valence-electron chi connectivity index (χ2n) is 5.69. The molecule has 1 fully saturated rings. The summed E-state index contributed by atoms with van der Waals surface area (Å²) >= 11 is 1.61. The molecule has 0 unspecified atom stereocenters. The van der Waals surface area contributed by atoms with Crippen molar-refractivity contribution in [3.05, 3.63) is 60.7 Å². The number of para-hydroxylation sites is 2. The molecular weight excluding hydrogens is 318 g/mol. The van der Waals surface area contributed by atoms with Crippen molar-refractivity contribution in [2.24, 2.45) is 0 Å². The number of hydrogen-bond donors (Lipinski definition) is 1. The Bertz CT molecular complexity index is 766. The minimum absolute atomic E-state index is 0.835. The Labute approximate surface area is 145 Å². The van der Waals surface area contributed by atoms with E-state index < -0.39 is 0 Å². The SMILES string of the molecule is c1ccc(Nc2nnc(N3CCN(c4ccccc4)CC3)s2)cc1. The molecule has 0 aliphatic carbocycles. The zero-order valence-electron chi connectivity index (χ0n) is 13.3. The number of nitrogens with zero attached hydrogens (tertiary/aromatic N) is 4. The summed E-state index contributed by atoms with van der Waals surface area (Å²) in [5, 5.41) is 13.7. The minimum atomic E-state index is 0.835. The quantitative estimate of drug-likeness (QED) is 0.788. The molecule has 0 spiro atoms. The number of hydrogen-bond acceptors (Lipinski definition) is 6. The third kappa shape index (κ3) is 3.33. The summed E-state index contributed by atoms with van der Waals surface area (Å²) in [5.74, 6) is 0. The monoisotopic (exact) mass is 337 g/mol. The lowest BCUT2D eigenvalue weighted by Crippen LogP contribution is -2.46. The van der Waals surface area contributed by atoms with Gasteiger partial charge < -0.3 is 15.1 Å². The van der Waals surface area contributed by atoms with Crippen LogP contribution in [-0.2, 0) is 0 Å². The van der Waals surface area contributed by atoms with Crippen LogP contribution in [-0.4, -0.2) is 36.4 Å². The Morgan fingerprint density at radius 1 is 0.750 bits per heavy atom. The molecule has 1 aromatic heterocycles. The first-order valence-electron chi connectivity index (χ1n) is 8.09. The molecule has 24 heavy (non-hydrogen) atoms. The largest absolute Gasteiger partial charge is 0.368 e. The van der Waals surface area contributed by atoms with Gasteiger partial charge in [-0.05, 0) is 24.3 Å². The van der Waals surface area contributed by atoms with Crippen LogP contribution in [0.5, 0.6) is 0 Å². The molecule has 2 heterocycles. The van der Waals surface area contributed by atoms with Crippen molar-refractivity contribution in [2.75, 3.05) is 41.3 Å². The summed E-state index contributed by atoms with van der Waals surface area (Å²) in [6.07, 6.45) is 0. The lowest BCUT2D eigenvalue weighted by Gasteiger charge is -2.35. The number of benzene rings is 2. The van der Waals surface area contributed by atoms with Crippen LogP contribution >= 0.6 is 11.3 Å². The van der Waals surface area contributed by atoms with Gasteiger partial charge in [-0.25, -0.2) is 0 Å². The van der Waals surface area contributed by atoms with E-state index in [1.165, 1.54) is 5.69 Å². The normalized spacial score (nSPS) is 14.7. The fourth-order valence-electron chi connectivity index (χ4n) is 2.83. The molecule has 1 N–H and O–H groups in total. The van der Waals surface area contributed by atoms with E-state index in [-0.39, 0.29) is 0 Å². The van der Waals surface area contributed by atoms with E-state index >= 15 is 0 Å². The zero-order valence-corrected chi connectivity index (χ0v) is 14.1. The number of rotatable bonds is 4. The Morgan fingerprint density at radius 3 is 2.08 bits per heavy atom. The average Bonchev–Trinajstić information content (AvgIpc) is 3.12. The molecule has 0 saturated carbocycles. The third-order valence-electron chi connectivity index (χ3n) is 4.11. The highest BCUT2D eigenvalue weighted by Crippen LogP contribution is 2.28. The van der Waals surface area contributed by atoms with Crippen molar-refractivity contribution in [1.82, 2.24) is 10.2 Å². The summed E-state index contributed by atoms with van der Waals surface area (Å²) < 4.78 is 0. The summed E-state index contributed by atoms with van der Waals surface area (Å²) in [5.41, 5.74) is 2.33. The molecule has 0 amide bonds. The first kappa shape index (κ1) is 15.0. The van der Waals surface area contributed by atoms with Crippen LogP contribution in [0.25, 0.3) is 0 Å². The summed E-state index contributed by atoms with van der Waals surface area (Å²) in [7, 11) is 0. The van der Waals surface area contributed by atoms with Crippen LogP contribution in [0.1, 0.15) is 0 Å². The second kappa shape index (κ2) is 6.88. The summed E-state index contributed by atoms with van der Waals surface area (Å²) in [6.45, 7) is 3.94. The predicted octanol–water partition coefficient (Wildman–Crippen LogP) is 3.61. The fraction of sp³-hybridized carbons (Fsp3) is 0.222. The van der Waals surface area contributed by atoms with Crippen molar-refractivity contribution in [3.63, 3.8) is 0 Å². The first-order chi connectivity index (χ1) is 11.9. The number of nitrogens with one attached hydrogen (secondary N) is 1. The topological polar surface area (TPSA) is 44.3 Å². The highest BCUT2D eigenvalue weighted by molar-refractivity contribution is 7.19. The summed E-state index contributed by atoms with van der Waals surface area (Å²) in [6, 6.07) is 20.7. The first-order valence-corrected chi connectivity index (χ1v) is 8.91. The van der Waals surface area contributed by atoms with E-state index in [9.17, 15) is 0 Å². The van der Waals surface area contributed by atoms with Crippen LogP contribution in [0.4, 0.5) is 21.6 Å². The molecule has 4 rings (SSSR count). The molecule has 2 aromatic carbocycles. The van der Waals surface area contributed by atoms with Crippen LogP contribution < -0.4 is 15.1 Å². The van der Waals surface area contributed by atoms with Crippen LogP contribution in [0.2, 0.25) is 0 Å². The molecule has 0 atom stereocenters. The molecule has 122 valence electrons. The molecular formula is C18H19N5S. The van der Waals surface area contributed by atoms with Crippen molar-refractivity contribution < 1.29 is 0 Å². The molecule has 1 saturated heterocycles. The fourth-order valence-corrected chi connectivity index (χ4v) is 3.65. The van der Waals surface area contributed by atoms with E-state index in [0.717, 1.165) is 42.1 Å². The zero-order chi connectivity index (χ0) is 16.2. The standard InChI is InChI=1S/C18H19N5S/c1-3-7-15(8-4-1)19-17-20-21-18(24-17)23-13-11-22(12-14-23)16-9-5-2-6-10-16/h1-10H,11-14H2,(H,19,20). The predicted molar refractivity (Wildman–Crippen MR) is 101 cm³/mol. The number of piperazine rings is 1. The molecule has 5 nitrogen and oxygen atoms in total. The Hall–Kier alpha value is -2.60. The van der Waals surface area contributed by atoms with E-state index in [0.29, 0.717) is 0 Å². The Kier molecular flexibility index (Phi) is 4.29. The van der Waals surface area contributed by atoms with Gasteiger partial charge in [0, 0.05) is 37.6 Å². The third-order valence-corrected chi connectivity index (χ3v) is 5.01. The molecule has 1 aliphatic rings. The molecule has 3 aromatic rings. The Balaban J connectivity index is 1.38. The van der Waals surface area contributed by atoms with Gasteiger partial charge in [0.05, 0.1) is 0 Å². The van der Waals surface area contributed by atoms with E-state index in [1.807, 2.05) is 30.3 Å². The van der Waals surface area contributed by atoms with Crippen molar-refractivity contribution in [2.45, 2.75) is 0 Å². The van der Waals surface area contributed by atoms with Gasteiger partial charge in [0.2, 0.25) is 10.3 Å². The number of aromatic nitrogens is 2. The van der Waals surface area contributed by atoms with Gasteiger partial charge in [-0.15, -0.1) is 10.2 Å². The van der Waals surface area contributed by atoms with Crippen molar-refractivity contribution in [1.29, 1.82) is 0 Å². The van der Waals surface area contributed by atoms with Crippen molar-refractivity contribution in [3.8, 4) is 0 Å². The van der Waals surface area contributed by atoms with Gasteiger partial charge in [0.15, 0.2) is 0 Å². The highest BCUT2D eigenvalue weighted by atomic mass is 32.1. The molecule has 6 heteroatoms. The maximum atomic E-state index is 4.35. The van der Waals surface area contributed by atoms with Gasteiger partial charge >= 0.3 is 0 Å². The maximum Gasteiger partial charge on any atom is 0.211 e. The van der Waals surface area contributed by atoms with Crippen LogP contribution in [0.3, 0.4) is 0 Å². The van der Waals surface area contributed by atoms with Crippen LogP contribution in [0, 0.1) is 0 Å². The lowest BCUT2D eigenvalue weighted by atomic mass is 10.2. The van der Waals surface area contributed by atoms with Gasteiger partial charge in [-0.3, -0.25) is 0 Å². The van der Waals surface area contributed by atoms with Crippen LogP contribution in [0.15, 0.2) is 60.7 Å². The average molecular weight is 337 g/mol. The highest BCUT2D eigenvalue weighted by Gasteiger charge is 2.20. The van der Waals surface area contributed by atoms with Gasteiger partial charge in [0.1, 0.15) is 0 Å². The molecule has 1 aliphatic heterocycles. The Morgan fingerprint density at radius 2 is 1.38 bits per heavy atom. The molecule has 0 radical (unpaired) electrons. The maximum absolute atomic E-state index is 4.35. The van der Waals surface area contributed by atoms with Gasteiger partial charge in [-0.1, -0.05) is 47.7 Å². The van der Waals surface area contributed by atoms with E-state index in [4.69, 9.17) is 0 Å². The lowest BCUT2D eigenvalue weighted by molar-refractivity contribution is 0.650. The van der Waals surface area contributed by atoms with Gasteiger partial charge in [0.25, 0.3) is 0 Å². The summed E-state index contributed by atoms with van der Waals surface area (Å²) in [4.78, 5) is 4.73. The van der Waals surface area contributed by atoms with E-state index in [2.05, 4.69) is 55.6 Å².